The second-order valence-electron chi connectivity index (χ2n) is 9.71. The summed E-state index contributed by atoms with van der Waals surface area (Å²) in [5.41, 5.74) is 9.52. The first-order valence-corrected chi connectivity index (χ1v) is 14.3. The van der Waals surface area contributed by atoms with E-state index in [-0.39, 0.29) is 5.91 Å². The third-order valence-corrected chi connectivity index (χ3v) is 9.31. The van der Waals surface area contributed by atoms with E-state index >= 15 is 0 Å². The van der Waals surface area contributed by atoms with Gasteiger partial charge in [0, 0.05) is 38.1 Å². The summed E-state index contributed by atoms with van der Waals surface area (Å²) in [6.07, 6.45) is 12.1. The topological polar surface area (TPSA) is 107 Å². The number of hydrogen-bond acceptors (Lipinski definition) is 6. The molecular weight excluding hydrogens is 512 g/mol. The first-order chi connectivity index (χ1) is 18.9. The molecule has 1 amide bonds. The summed E-state index contributed by atoms with van der Waals surface area (Å²) < 4.78 is 33.9. The first-order valence-electron chi connectivity index (χ1n) is 12.9. The molecule has 2 aromatic carbocycles. The lowest BCUT2D eigenvalue weighted by Crippen LogP contribution is -2.52. The average Bonchev–Trinajstić information content (AvgIpc) is 3.45. The number of nitrogens with two attached hydrogens (primary N) is 1. The maximum Gasteiger partial charge on any atom is 0.249 e. The van der Waals surface area contributed by atoms with Crippen LogP contribution in [0.2, 0.25) is 0 Å². The number of para-hydroxylation sites is 2. The van der Waals surface area contributed by atoms with Crippen LogP contribution in [0.5, 0.6) is 0 Å². The Labute approximate surface area is 229 Å². The number of nitrogen functional groups attached to an aromatic ring is 1. The van der Waals surface area contributed by atoms with E-state index in [0.717, 1.165) is 11.1 Å². The predicted molar refractivity (Wildman–Crippen MR) is 155 cm³/mol. The molecule has 3 N–H and O–H groups in total. The number of hydrogen-bond donors (Lipinski definition) is 2. The number of nitrogens with zero attached hydrogens (tertiary/aromatic N) is 2. The van der Waals surface area contributed by atoms with Crippen LogP contribution in [0.25, 0.3) is 11.6 Å². The molecule has 3 aromatic rings. The van der Waals surface area contributed by atoms with Crippen molar-refractivity contribution in [1.29, 1.82) is 0 Å². The van der Waals surface area contributed by atoms with E-state index in [4.69, 9.17) is 10.5 Å². The second kappa shape index (κ2) is 11.4. The average molecular weight is 545 g/mol. The van der Waals surface area contributed by atoms with Gasteiger partial charge in [-0.1, -0.05) is 60.7 Å². The van der Waals surface area contributed by atoms with Crippen LogP contribution in [-0.4, -0.2) is 60.8 Å². The molecule has 1 unspecified atom stereocenters. The van der Waals surface area contributed by atoms with Gasteiger partial charge < -0.3 is 15.8 Å². The molecule has 0 spiro atoms. The molecule has 0 bridgehead atoms. The highest BCUT2D eigenvalue weighted by Gasteiger charge is 2.44. The number of carbonyl (C=O) groups excluding carboxylic acids is 1. The highest BCUT2D eigenvalue weighted by Crippen LogP contribution is 2.35. The van der Waals surface area contributed by atoms with Gasteiger partial charge in [-0.05, 0) is 47.4 Å². The molecule has 1 aliphatic heterocycles. The number of rotatable bonds is 8. The smallest absolute Gasteiger partial charge is 0.249 e. The predicted octanol–water partition coefficient (Wildman–Crippen LogP) is 4.01. The van der Waals surface area contributed by atoms with E-state index in [9.17, 15) is 13.2 Å². The Morgan fingerprint density at radius 3 is 2.51 bits per heavy atom. The van der Waals surface area contributed by atoms with Crippen LogP contribution in [0.3, 0.4) is 0 Å². The van der Waals surface area contributed by atoms with Gasteiger partial charge in [0.25, 0.3) is 0 Å². The van der Waals surface area contributed by atoms with Gasteiger partial charge in [0.05, 0.1) is 24.6 Å². The summed E-state index contributed by atoms with van der Waals surface area (Å²) in [5.74, 6) is -0.360. The Morgan fingerprint density at radius 2 is 1.79 bits per heavy atom. The molecule has 1 atom stereocenters. The van der Waals surface area contributed by atoms with Crippen molar-refractivity contribution >= 4 is 39.0 Å². The summed E-state index contributed by atoms with van der Waals surface area (Å²) >= 11 is 0. The van der Waals surface area contributed by atoms with Crippen molar-refractivity contribution < 1.29 is 17.9 Å². The molecule has 1 aliphatic carbocycles. The van der Waals surface area contributed by atoms with Gasteiger partial charge in [0.15, 0.2) is 0 Å². The second-order valence-corrected chi connectivity index (χ2v) is 11.9. The maximum absolute atomic E-state index is 14.2. The van der Waals surface area contributed by atoms with Crippen LogP contribution >= 0.6 is 0 Å². The van der Waals surface area contributed by atoms with E-state index < -0.39 is 14.8 Å². The molecule has 0 radical (unpaired) electrons. The third kappa shape index (κ3) is 5.90. The van der Waals surface area contributed by atoms with Crippen molar-refractivity contribution in [3.63, 3.8) is 0 Å². The Morgan fingerprint density at radius 1 is 1.05 bits per heavy atom. The van der Waals surface area contributed by atoms with Gasteiger partial charge in [0.2, 0.25) is 15.9 Å². The molecule has 8 nitrogen and oxygen atoms in total. The van der Waals surface area contributed by atoms with Gasteiger partial charge in [0.1, 0.15) is 4.75 Å². The maximum atomic E-state index is 14.2. The van der Waals surface area contributed by atoms with E-state index in [1.165, 1.54) is 16.2 Å². The van der Waals surface area contributed by atoms with E-state index in [2.05, 4.69) is 10.2 Å². The number of anilines is 2. The van der Waals surface area contributed by atoms with Crippen LogP contribution in [-0.2, 0) is 19.6 Å². The van der Waals surface area contributed by atoms with Crippen molar-refractivity contribution in [3.05, 3.63) is 108 Å². The summed E-state index contributed by atoms with van der Waals surface area (Å²) in [6, 6.07) is 18.6. The van der Waals surface area contributed by atoms with Crippen molar-refractivity contribution in [1.82, 2.24) is 8.87 Å². The van der Waals surface area contributed by atoms with Gasteiger partial charge in [-0.2, -0.15) is 0 Å². The zero-order chi connectivity index (χ0) is 27.3. The number of allylic oxidation sites excluding steroid dienone is 3. The molecule has 0 saturated carbocycles. The fourth-order valence-electron chi connectivity index (χ4n) is 4.84. The highest BCUT2D eigenvalue weighted by atomic mass is 32.2. The SMILES string of the molecule is Nc1ccccc1NC(=O)C=Cc1ccn(S(=O)(=O)C2(CN3CCOCC3)C=CC(c3ccccc3)=CC2)c1. The third-order valence-electron chi connectivity index (χ3n) is 7.06. The fraction of sp³-hybridized carbons (Fsp3) is 0.233. The van der Waals surface area contributed by atoms with Gasteiger partial charge in [-0.15, -0.1) is 0 Å². The Kier molecular flexibility index (Phi) is 7.83. The molecule has 9 heteroatoms. The number of nitrogens with one attached hydrogen (secondary N) is 1. The normalized spacial score (nSPS) is 20.2. The lowest BCUT2D eigenvalue weighted by atomic mass is 9.92. The molecule has 5 rings (SSSR count). The van der Waals surface area contributed by atoms with Crippen LogP contribution in [0, 0.1) is 0 Å². The molecule has 1 aromatic heterocycles. The Bertz CT molecular complexity index is 1520. The molecular formula is C30H32N4O4S. The number of benzene rings is 2. The highest BCUT2D eigenvalue weighted by molar-refractivity contribution is 7.91. The minimum absolute atomic E-state index is 0.345. The first kappa shape index (κ1) is 26.7. The number of carbonyl (C=O) groups is 1. The summed E-state index contributed by atoms with van der Waals surface area (Å²) in [6.45, 7) is 2.89. The number of aromatic nitrogens is 1. The largest absolute Gasteiger partial charge is 0.397 e. The Hall–Kier alpha value is -3.92. The molecule has 202 valence electrons. The number of amides is 1. The van der Waals surface area contributed by atoms with E-state index in [1.54, 1.807) is 42.6 Å². The lowest BCUT2D eigenvalue weighted by Gasteiger charge is -2.38. The summed E-state index contributed by atoms with van der Waals surface area (Å²) in [5, 5.41) is 2.73. The summed E-state index contributed by atoms with van der Waals surface area (Å²) in [7, 11) is -3.85. The van der Waals surface area contributed by atoms with Gasteiger partial charge in [-0.3, -0.25) is 13.7 Å². The van der Waals surface area contributed by atoms with Crippen LogP contribution in [0.1, 0.15) is 17.5 Å². The molecule has 1 saturated heterocycles. The van der Waals surface area contributed by atoms with Crippen molar-refractivity contribution in [2.75, 3.05) is 43.9 Å². The number of ether oxygens (including phenoxy) is 1. The van der Waals surface area contributed by atoms with Gasteiger partial charge >= 0.3 is 0 Å². The van der Waals surface area contributed by atoms with Crippen molar-refractivity contribution in [2.24, 2.45) is 0 Å². The summed E-state index contributed by atoms with van der Waals surface area (Å²) in [4.78, 5) is 14.5. The molecule has 2 aliphatic rings. The van der Waals surface area contributed by atoms with Crippen LogP contribution < -0.4 is 11.1 Å². The minimum atomic E-state index is -3.85. The fourth-order valence-corrected chi connectivity index (χ4v) is 6.62. The lowest BCUT2D eigenvalue weighted by molar-refractivity contribution is -0.111. The zero-order valence-corrected chi connectivity index (χ0v) is 22.4. The molecule has 2 heterocycles. The number of morpholine rings is 1. The van der Waals surface area contributed by atoms with Gasteiger partial charge in [-0.25, -0.2) is 8.42 Å². The monoisotopic (exact) mass is 544 g/mol. The van der Waals surface area contributed by atoms with Crippen molar-refractivity contribution in [3.8, 4) is 0 Å². The quantitative estimate of drug-likeness (QED) is 0.328. The van der Waals surface area contributed by atoms with Crippen molar-refractivity contribution in [2.45, 2.75) is 11.2 Å². The molecule has 1 fully saturated rings. The van der Waals surface area contributed by atoms with E-state index in [1.807, 2.05) is 48.6 Å². The van der Waals surface area contributed by atoms with Crippen LogP contribution in [0.15, 0.2) is 97.4 Å². The van der Waals surface area contributed by atoms with Crippen LogP contribution in [0.4, 0.5) is 11.4 Å². The standard InChI is InChI=1S/C30H32N4O4S/c31-27-8-4-5-9-28(27)32-29(35)11-10-24-14-17-34(22-24)39(36,37)30(23-33-18-20-38-21-19-33)15-12-26(13-16-30)25-6-2-1-3-7-25/h1-15,17,22H,16,18-21,23,31H2,(H,32,35). The molecule has 39 heavy (non-hydrogen) atoms. The zero-order valence-electron chi connectivity index (χ0n) is 21.6. The van der Waals surface area contributed by atoms with E-state index in [0.29, 0.717) is 56.2 Å². The Balaban J connectivity index is 1.38. The minimum Gasteiger partial charge on any atom is -0.397 e.